The van der Waals surface area contributed by atoms with Gasteiger partial charge in [0.1, 0.15) is 11.8 Å². The molecular formula is C28H33ClN2O3. The largest absolute Gasteiger partial charge is 0.490 e. The summed E-state index contributed by atoms with van der Waals surface area (Å²) in [6.07, 6.45) is 7.77. The molecule has 6 heteroatoms. The van der Waals surface area contributed by atoms with Crippen molar-refractivity contribution in [2.75, 3.05) is 33.4 Å². The fraction of sp³-hybridized carbons (Fsp3) is 0.464. The second-order valence-corrected chi connectivity index (χ2v) is 9.58. The maximum atomic E-state index is 6.64. The van der Waals surface area contributed by atoms with E-state index in [1.807, 2.05) is 24.3 Å². The molecule has 1 aliphatic heterocycles. The fourth-order valence-corrected chi connectivity index (χ4v) is 5.51. The molecule has 0 unspecified atom stereocenters. The zero-order valence-electron chi connectivity index (χ0n) is 19.9. The average Bonchev–Trinajstić information content (AvgIpc) is 3.39. The molecule has 0 N–H and O–H groups in total. The summed E-state index contributed by atoms with van der Waals surface area (Å²) in [5.41, 5.74) is 4.30. The Morgan fingerprint density at radius 3 is 2.47 bits per heavy atom. The Balaban J connectivity index is 1.49. The summed E-state index contributed by atoms with van der Waals surface area (Å²) in [5, 5.41) is 1.61. The number of nitrogens with zero attached hydrogens (tertiary/aromatic N) is 2. The zero-order chi connectivity index (χ0) is 23.3. The van der Waals surface area contributed by atoms with Crippen LogP contribution in [0.25, 0.3) is 10.9 Å². The van der Waals surface area contributed by atoms with Gasteiger partial charge in [0.05, 0.1) is 24.6 Å². The van der Waals surface area contributed by atoms with Gasteiger partial charge in [0.2, 0.25) is 5.75 Å². The highest BCUT2D eigenvalue weighted by Gasteiger charge is 2.25. The van der Waals surface area contributed by atoms with Gasteiger partial charge in [-0.05, 0) is 74.7 Å². The predicted molar refractivity (Wildman–Crippen MR) is 137 cm³/mol. The average molecular weight is 481 g/mol. The van der Waals surface area contributed by atoms with Crippen molar-refractivity contribution in [3.63, 3.8) is 0 Å². The van der Waals surface area contributed by atoms with Gasteiger partial charge in [0.25, 0.3) is 0 Å². The standard InChI is InChI=1S/C28H33ClN2O3/c1-32-26-24(33-17-9-16-31-14-7-8-15-31)18-23-25(21-12-5-6-13-22(21)28(29)30-23)27(26)34-19-20-10-3-2-4-11-20/h2-4,10-11,18H,5-9,12-17,19H2,1H3. The molecule has 2 aromatic carbocycles. The van der Waals surface area contributed by atoms with E-state index in [9.17, 15) is 0 Å². The van der Waals surface area contributed by atoms with Gasteiger partial charge in [-0.1, -0.05) is 41.9 Å². The number of halogens is 1. The lowest BCUT2D eigenvalue weighted by Gasteiger charge is -2.23. The van der Waals surface area contributed by atoms with Crippen LogP contribution in [-0.4, -0.2) is 43.2 Å². The number of aromatic nitrogens is 1. The third kappa shape index (κ3) is 4.96. The molecule has 0 bridgehead atoms. The highest BCUT2D eigenvalue weighted by atomic mass is 35.5. The summed E-state index contributed by atoms with van der Waals surface area (Å²) in [6.45, 7) is 4.52. The van der Waals surface area contributed by atoms with Crippen LogP contribution in [0.15, 0.2) is 36.4 Å². The highest BCUT2D eigenvalue weighted by molar-refractivity contribution is 6.31. The second kappa shape index (κ2) is 10.8. The van der Waals surface area contributed by atoms with Gasteiger partial charge in [-0.2, -0.15) is 0 Å². The van der Waals surface area contributed by atoms with E-state index in [0.29, 0.717) is 35.6 Å². The van der Waals surface area contributed by atoms with Gasteiger partial charge >= 0.3 is 0 Å². The van der Waals surface area contributed by atoms with E-state index < -0.39 is 0 Å². The molecule has 0 radical (unpaired) electrons. The summed E-state index contributed by atoms with van der Waals surface area (Å²) >= 11 is 6.64. The molecule has 5 rings (SSSR count). The first kappa shape index (κ1) is 23.3. The summed E-state index contributed by atoms with van der Waals surface area (Å²) in [7, 11) is 1.68. The number of fused-ring (bicyclic) bond motifs is 3. The van der Waals surface area contributed by atoms with Crippen molar-refractivity contribution in [2.24, 2.45) is 0 Å². The maximum Gasteiger partial charge on any atom is 0.204 e. The Kier molecular flexibility index (Phi) is 7.41. The molecule has 0 amide bonds. The van der Waals surface area contributed by atoms with Crippen LogP contribution in [0.3, 0.4) is 0 Å². The van der Waals surface area contributed by atoms with Crippen molar-refractivity contribution in [1.82, 2.24) is 9.88 Å². The Labute approximate surface area is 207 Å². The van der Waals surface area contributed by atoms with Crippen LogP contribution in [0.5, 0.6) is 17.2 Å². The van der Waals surface area contributed by atoms with Crippen molar-refractivity contribution in [1.29, 1.82) is 0 Å². The normalized spacial score (nSPS) is 15.9. The number of hydrogen-bond acceptors (Lipinski definition) is 5. The SMILES string of the molecule is COc1c(OCCCN2CCCC2)cc2nc(Cl)c3c(c2c1OCc1ccccc1)CCCC3. The minimum atomic E-state index is 0.447. The molecule has 2 aliphatic rings. The number of pyridine rings is 1. The van der Waals surface area contributed by atoms with Gasteiger partial charge in [0, 0.05) is 12.6 Å². The number of methoxy groups -OCH3 is 1. The first-order valence-corrected chi connectivity index (χ1v) is 12.9. The fourth-order valence-electron chi connectivity index (χ4n) is 5.21. The van der Waals surface area contributed by atoms with Crippen LogP contribution in [0.1, 0.15) is 48.8 Å². The van der Waals surface area contributed by atoms with E-state index in [1.54, 1.807) is 7.11 Å². The molecule has 34 heavy (non-hydrogen) atoms. The Bertz CT molecular complexity index is 1130. The second-order valence-electron chi connectivity index (χ2n) is 9.22. The van der Waals surface area contributed by atoms with Crippen LogP contribution in [0, 0.1) is 0 Å². The van der Waals surface area contributed by atoms with Crippen molar-refractivity contribution >= 4 is 22.5 Å². The van der Waals surface area contributed by atoms with E-state index in [-0.39, 0.29) is 0 Å². The zero-order valence-corrected chi connectivity index (χ0v) is 20.7. The van der Waals surface area contributed by atoms with E-state index in [2.05, 4.69) is 17.0 Å². The van der Waals surface area contributed by atoms with Crippen molar-refractivity contribution < 1.29 is 14.2 Å². The van der Waals surface area contributed by atoms with Crippen LogP contribution in [0.2, 0.25) is 5.15 Å². The molecule has 1 fully saturated rings. The molecule has 5 nitrogen and oxygen atoms in total. The summed E-state index contributed by atoms with van der Waals surface area (Å²) in [5.74, 6) is 2.01. The predicted octanol–water partition coefficient (Wildman–Crippen LogP) is 6.22. The number of likely N-dealkylation sites (tertiary alicyclic amines) is 1. The number of aryl methyl sites for hydroxylation is 1. The number of hydrogen-bond donors (Lipinski definition) is 0. The third-order valence-corrected chi connectivity index (χ3v) is 7.24. The van der Waals surface area contributed by atoms with E-state index in [1.165, 1.54) is 31.5 Å². The van der Waals surface area contributed by atoms with E-state index in [4.69, 9.17) is 30.8 Å². The molecule has 1 saturated heterocycles. The van der Waals surface area contributed by atoms with E-state index >= 15 is 0 Å². The molecule has 1 aliphatic carbocycles. The first-order valence-electron chi connectivity index (χ1n) is 12.5. The van der Waals surface area contributed by atoms with Crippen LogP contribution in [0.4, 0.5) is 0 Å². The maximum absolute atomic E-state index is 6.64. The molecule has 0 saturated carbocycles. The summed E-state index contributed by atoms with van der Waals surface area (Å²) in [4.78, 5) is 7.28. The third-order valence-electron chi connectivity index (χ3n) is 6.92. The number of benzene rings is 2. The van der Waals surface area contributed by atoms with Gasteiger partial charge < -0.3 is 19.1 Å². The monoisotopic (exact) mass is 480 g/mol. The summed E-state index contributed by atoms with van der Waals surface area (Å²) < 4.78 is 18.6. The van der Waals surface area contributed by atoms with E-state index in [0.717, 1.165) is 60.7 Å². The number of rotatable bonds is 9. The van der Waals surface area contributed by atoms with Crippen molar-refractivity contribution in [3.05, 3.63) is 58.2 Å². The van der Waals surface area contributed by atoms with Crippen LogP contribution in [-0.2, 0) is 19.4 Å². The van der Waals surface area contributed by atoms with Gasteiger partial charge in [-0.15, -0.1) is 0 Å². The molecule has 0 spiro atoms. The first-order chi connectivity index (χ1) is 16.7. The minimum absolute atomic E-state index is 0.447. The molecule has 180 valence electrons. The quantitative estimate of drug-likeness (QED) is 0.268. The topological polar surface area (TPSA) is 43.8 Å². The van der Waals surface area contributed by atoms with Crippen LogP contribution < -0.4 is 14.2 Å². The highest BCUT2D eigenvalue weighted by Crippen LogP contribution is 2.47. The number of ether oxygens (including phenoxy) is 3. The smallest absolute Gasteiger partial charge is 0.204 e. The van der Waals surface area contributed by atoms with Gasteiger partial charge in [-0.25, -0.2) is 4.98 Å². The molecule has 0 atom stereocenters. The molecule has 3 aromatic rings. The van der Waals surface area contributed by atoms with Crippen molar-refractivity contribution in [3.8, 4) is 17.2 Å². The van der Waals surface area contributed by atoms with Crippen molar-refractivity contribution in [2.45, 2.75) is 51.6 Å². The lowest BCUT2D eigenvalue weighted by Crippen LogP contribution is -2.22. The lowest BCUT2D eigenvalue weighted by atomic mass is 9.89. The Morgan fingerprint density at radius 2 is 1.71 bits per heavy atom. The van der Waals surface area contributed by atoms with Crippen LogP contribution >= 0.6 is 11.6 Å². The van der Waals surface area contributed by atoms with Gasteiger partial charge in [0.15, 0.2) is 11.5 Å². The Morgan fingerprint density at radius 1 is 0.941 bits per heavy atom. The van der Waals surface area contributed by atoms with Gasteiger partial charge in [-0.3, -0.25) is 0 Å². The Hall–Kier alpha value is -2.50. The molecule has 1 aromatic heterocycles. The minimum Gasteiger partial charge on any atom is -0.490 e. The molecular weight excluding hydrogens is 448 g/mol. The summed E-state index contributed by atoms with van der Waals surface area (Å²) in [6, 6.07) is 12.2. The lowest BCUT2D eigenvalue weighted by molar-refractivity contribution is 0.245. The molecule has 2 heterocycles.